The maximum absolute atomic E-state index is 12.6. The fraction of sp³-hybridized carbons (Fsp3) is 0.429. The minimum absolute atomic E-state index is 0.0427. The topological polar surface area (TPSA) is 123 Å². The van der Waals surface area contributed by atoms with Crippen LogP contribution in [0.3, 0.4) is 0 Å². The third-order valence-electron chi connectivity index (χ3n) is 7.02. The lowest BCUT2D eigenvalue weighted by Gasteiger charge is -2.43. The number of aryl methyl sites for hydroxylation is 1. The minimum Gasteiger partial charge on any atom is -0.405 e. The largest absolute Gasteiger partial charge is 0.405 e. The van der Waals surface area contributed by atoms with Gasteiger partial charge in [0.1, 0.15) is 18.3 Å². The van der Waals surface area contributed by atoms with E-state index in [9.17, 15) is 19.8 Å². The molecule has 0 bridgehead atoms. The summed E-state index contributed by atoms with van der Waals surface area (Å²) in [6.07, 6.45) is -2.57. The summed E-state index contributed by atoms with van der Waals surface area (Å²) < 4.78 is 20.1. The lowest BCUT2D eigenvalue weighted by molar-refractivity contribution is -0.0792. The first kappa shape index (κ1) is 28.2. The van der Waals surface area contributed by atoms with Crippen LogP contribution in [0.4, 0.5) is 0 Å². The van der Waals surface area contributed by atoms with E-state index < -0.39 is 44.1 Å². The van der Waals surface area contributed by atoms with Gasteiger partial charge < -0.3 is 24.1 Å². The van der Waals surface area contributed by atoms with Crippen LogP contribution in [0.15, 0.2) is 76.4 Å². The summed E-state index contributed by atoms with van der Waals surface area (Å²) in [6, 6.07) is 20.2. The predicted octanol–water partition coefficient (Wildman–Crippen LogP) is 1.06. The molecule has 0 spiro atoms. The van der Waals surface area contributed by atoms with Crippen LogP contribution in [0.1, 0.15) is 32.6 Å². The van der Waals surface area contributed by atoms with E-state index in [1.54, 1.807) is 6.92 Å². The van der Waals surface area contributed by atoms with E-state index in [0.717, 1.165) is 10.4 Å². The molecule has 1 saturated heterocycles. The van der Waals surface area contributed by atoms with Gasteiger partial charge in [0.2, 0.25) is 0 Å². The number of rotatable bonds is 9. The van der Waals surface area contributed by atoms with Gasteiger partial charge in [0, 0.05) is 11.8 Å². The highest BCUT2D eigenvalue weighted by Gasteiger charge is 2.52. The Hall–Kier alpha value is -2.86. The molecule has 4 rings (SSSR count). The van der Waals surface area contributed by atoms with Crippen molar-refractivity contribution < 1.29 is 24.1 Å². The van der Waals surface area contributed by atoms with Crippen molar-refractivity contribution >= 4 is 18.7 Å². The van der Waals surface area contributed by atoms with E-state index in [2.05, 4.69) is 50.0 Å². The average molecular weight is 541 g/mol. The molecule has 3 N–H and O–H groups in total. The molecule has 3 aromatic rings. The lowest BCUT2D eigenvalue weighted by atomic mass is 10.1. The molecule has 1 aliphatic heterocycles. The first-order valence-electron chi connectivity index (χ1n) is 12.7. The number of benzene rings is 2. The number of hydrogen-bond acceptors (Lipinski definition) is 7. The number of nitrogens with zero attached hydrogens (tertiary/aromatic N) is 1. The van der Waals surface area contributed by atoms with Gasteiger partial charge in [-0.25, -0.2) is 4.79 Å². The van der Waals surface area contributed by atoms with Crippen molar-refractivity contribution in [1.29, 1.82) is 0 Å². The first-order valence-corrected chi connectivity index (χ1v) is 14.6. The molecule has 2 heterocycles. The quantitative estimate of drug-likeness (QED) is 0.347. The monoisotopic (exact) mass is 540 g/mol. The Kier molecular flexibility index (Phi) is 8.51. The number of aromatic nitrogens is 2. The van der Waals surface area contributed by atoms with Crippen molar-refractivity contribution in [3.05, 3.63) is 93.3 Å². The molecular formula is C28H36N2O7Si. The minimum atomic E-state index is -2.91. The van der Waals surface area contributed by atoms with Gasteiger partial charge in [-0.05, 0) is 22.3 Å². The van der Waals surface area contributed by atoms with E-state index >= 15 is 0 Å². The first-order chi connectivity index (χ1) is 18.1. The summed E-state index contributed by atoms with van der Waals surface area (Å²) in [4.78, 5) is 26.8. The highest BCUT2D eigenvalue weighted by atomic mass is 28.4. The van der Waals surface area contributed by atoms with Crippen LogP contribution in [0.5, 0.6) is 0 Å². The van der Waals surface area contributed by atoms with E-state index in [0.29, 0.717) is 5.56 Å². The lowest BCUT2D eigenvalue weighted by Crippen LogP contribution is -2.67. The Bertz CT molecular complexity index is 1280. The van der Waals surface area contributed by atoms with Crippen LogP contribution in [0.2, 0.25) is 5.04 Å². The molecule has 204 valence electrons. The Morgan fingerprint density at radius 1 is 1.03 bits per heavy atom. The van der Waals surface area contributed by atoms with Gasteiger partial charge in [0.15, 0.2) is 6.23 Å². The average Bonchev–Trinajstić information content (AvgIpc) is 3.20. The van der Waals surface area contributed by atoms with Crippen LogP contribution in [0, 0.1) is 6.92 Å². The third-order valence-corrected chi connectivity index (χ3v) is 12.0. The molecule has 1 aromatic heterocycles. The number of aliphatic hydroxyl groups is 2. The zero-order chi connectivity index (χ0) is 27.5. The van der Waals surface area contributed by atoms with Gasteiger partial charge in [-0.2, -0.15) is 0 Å². The maximum atomic E-state index is 12.6. The molecular weight excluding hydrogens is 504 g/mol. The number of aliphatic hydroxyl groups excluding tert-OH is 2. The predicted molar refractivity (Wildman–Crippen MR) is 146 cm³/mol. The molecule has 0 radical (unpaired) electrons. The molecule has 0 unspecified atom stereocenters. The summed E-state index contributed by atoms with van der Waals surface area (Å²) in [7, 11) is -2.91. The van der Waals surface area contributed by atoms with Crippen molar-refractivity contribution in [2.24, 2.45) is 0 Å². The van der Waals surface area contributed by atoms with E-state index in [1.165, 1.54) is 10.8 Å². The van der Waals surface area contributed by atoms with Gasteiger partial charge in [0.05, 0.1) is 19.8 Å². The van der Waals surface area contributed by atoms with Crippen molar-refractivity contribution in [2.45, 2.75) is 57.3 Å². The van der Waals surface area contributed by atoms with Crippen LogP contribution in [-0.4, -0.2) is 66.2 Å². The van der Waals surface area contributed by atoms with Gasteiger partial charge in [-0.3, -0.25) is 14.3 Å². The Morgan fingerprint density at radius 2 is 1.61 bits per heavy atom. The zero-order valence-electron chi connectivity index (χ0n) is 22.2. The molecule has 4 atom stereocenters. The molecule has 0 aliphatic carbocycles. The molecule has 2 aromatic carbocycles. The molecule has 1 fully saturated rings. The maximum Gasteiger partial charge on any atom is 0.330 e. The Balaban J connectivity index is 1.72. The molecule has 0 saturated carbocycles. The third kappa shape index (κ3) is 5.33. The Labute approximate surface area is 222 Å². The summed E-state index contributed by atoms with van der Waals surface area (Å²) >= 11 is 0. The smallest absolute Gasteiger partial charge is 0.330 e. The normalized spacial score (nSPS) is 22.1. The van der Waals surface area contributed by atoms with Gasteiger partial charge in [-0.1, -0.05) is 81.4 Å². The number of hydrogen-bond donors (Lipinski definition) is 3. The van der Waals surface area contributed by atoms with Gasteiger partial charge in [0.25, 0.3) is 13.9 Å². The van der Waals surface area contributed by atoms with Crippen molar-refractivity contribution in [2.75, 3.05) is 19.8 Å². The summed E-state index contributed by atoms with van der Waals surface area (Å²) in [5, 5.41) is 22.5. The second kappa shape index (κ2) is 11.5. The number of H-pyrrole nitrogens is 1. The van der Waals surface area contributed by atoms with Crippen LogP contribution >= 0.6 is 0 Å². The molecule has 38 heavy (non-hydrogen) atoms. The molecule has 10 heteroatoms. The van der Waals surface area contributed by atoms with E-state index in [4.69, 9.17) is 13.9 Å². The SMILES string of the molecule is Cc1cn([C@@H]2O[C@H](CO[Si](c3ccccc3)(c3ccccc3)C(C)(C)C)[C@H](O)[C@H]2OCCO)c(=O)[nH]c1=O. The molecule has 1 aliphatic rings. The second-order valence-electron chi connectivity index (χ2n) is 10.6. The van der Waals surface area contributed by atoms with Gasteiger partial charge in [-0.15, -0.1) is 0 Å². The van der Waals surface area contributed by atoms with Crippen LogP contribution in [0.25, 0.3) is 0 Å². The second-order valence-corrected chi connectivity index (χ2v) is 14.9. The van der Waals surface area contributed by atoms with Crippen LogP contribution in [-0.2, 0) is 13.9 Å². The number of ether oxygens (including phenoxy) is 2. The van der Waals surface area contributed by atoms with Crippen molar-refractivity contribution in [1.82, 2.24) is 9.55 Å². The number of aromatic amines is 1. The Morgan fingerprint density at radius 3 is 2.13 bits per heavy atom. The highest BCUT2D eigenvalue weighted by molar-refractivity contribution is 6.99. The summed E-state index contributed by atoms with van der Waals surface area (Å²) in [6.45, 7) is 7.77. The fourth-order valence-corrected chi connectivity index (χ4v) is 9.76. The highest BCUT2D eigenvalue weighted by Crippen LogP contribution is 2.38. The van der Waals surface area contributed by atoms with E-state index in [1.807, 2.05) is 36.4 Å². The van der Waals surface area contributed by atoms with Crippen LogP contribution < -0.4 is 21.6 Å². The summed E-state index contributed by atoms with van der Waals surface area (Å²) in [5.74, 6) is 0. The fourth-order valence-electron chi connectivity index (χ4n) is 5.19. The molecule has 9 nitrogen and oxygen atoms in total. The molecule has 0 amide bonds. The summed E-state index contributed by atoms with van der Waals surface area (Å²) in [5.41, 5.74) is -0.858. The van der Waals surface area contributed by atoms with Gasteiger partial charge >= 0.3 is 5.69 Å². The zero-order valence-corrected chi connectivity index (χ0v) is 23.2. The van der Waals surface area contributed by atoms with E-state index in [-0.39, 0.29) is 24.9 Å². The standard InChI is InChI=1S/C28H36N2O7Si/c1-19-17-30(27(34)29-25(19)33)26-24(35-16-15-31)23(32)22(37-26)18-36-38(28(2,3)4,20-11-7-5-8-12-20)21-13-9-6-10-14-21/h5-14,17,22-24,26,31-32H,15-16,18H2,1-4H3,(H,29,33,34)/t22-,23+,24-,26-/m1/s1. The van der Waals surface area contributed by atoms with Crippen molar-refractivity contribution in [3.63, 3.8) is 0 Å². The number of nitrogens with one attached hydrogen (secondary N) is 1. The van der Waals surface area contributed by atoms with Crippen molar-refractivity contribution in [3.8, 4) is 0 Å².